The van der Waals surface area contributed by atoms with Gasteiger partial charge in [0, 0.05) is 0 Å². The molecule has 0 aliphatic rings. The van der Waals surface area contributed by atoms with Gasteiger partial charge in [-0.15, -0.1) is 10.2 Å². The predicted octanol–water partition coefficient (Wildman–Crippen LogP) is -0.277. The molecule has 7 nitrogen and oxygen atoms in total. The number of H-pyrrole nitrogens is 1. The first-order valence-corrected chi connectivity index (χ1v) is 3.90. The average molecular weight is 193 g/mol. The third kappa shape index (κ3) is 1.76. The minimum atomic E-state index is -0.306. The zero-order chi connectivity index (χ0) is 9.80. The van der Waals surface area contributed by atoms with Gasteiger partial charge < -0.3 is 9.73 Å². The Morgan fingerprint density at radius 3 is 3.21 bits per heavy atom. The summed E-state index contributed by atoms with van der Waals surface area (Å²) in [5, 5.41) is 15.6. The summed E-state index contributed by atoms with van der Waals surface area (Å²) in [6, 6.07) is 3.22. The number of hydrogen-bond donors (Lipinski definition) is 2. The Hall–Kier alpha value is -2.18. The van der Waals surface area contributed by atoms with E-state index in [2.05, 4.69) is 25.9 Å². The molecule has 0 spiro atoms. The molecule has 0 saturated carbocycles. The monoisotopic (exact) mass is 193 g/mol. The predicted molar refractivity (Wildman–Crippen MR) is 44.1 cm³/mol. The van der Waals surface area contributed by atoms with Crippen LogP contribution in [0.1, 0.15) is 16.4 Å². The van der Waals surface area contributed by atoms with Gasteiger partial charge in [0.05, 0.1) is 12.8 Å². The molecule has 7 heteroatoms. The van der Waals surface area contributed by atoms with Crippen LogP contribution in [0.15, 0.2) is 22.8 Å². The highest BCUT2D eigenvalue weighted by atomic mass is 16.3. The van der Waals surface area contributed by atoms with Crippen LogP contribution in [0, 0.1) is 0 Å². The molecule has 2 heterocycles. The molecule has 0 saturated heterocycles. The fourth-order valence-electron chi connectivity index (χ4n) is 0.912. The van der Waals surface area contributed by atoms with E-state index < -0.39 is 0 Å². The van der Waals surface area contributed by atoms with Crippen molar-refractivity contribution in [1.29, 1.82) is 0 Å². The highest BCUT2D eigenvalue weighted by molar-refractivity contribution is 5.91. The quantitative estimate of drug-likeness (QED) is 0.698. The van der Waals surface area contributed by atoms with Crippen molar-refractivity contribution in [2.75, 3.05) is 0 Å². The van der Waals surface area contributed by atoms with Crippen LogP contribution in [0.3, 0.4) is 0 Å². The lowest BCUT2D eigenvalue weighted by molar-refractivity contribution is 0.0922. The Balaban J connectivity index is 1.90. The molecule has 1 amide bonds. The van der Waals surface area contributed by atoms with E-state index in [9.17, 15) is 4.79 Å². The Kier molecular flexibility index (Phi) is 2.22. The lowest BCUT2D eigenvalue weighted by Crippen LogP contribution is -2.22. The first kappa shape index (κ1) is 8.42. The fourth-order valence-corrected chi connectivity index (χ4v) is 0.912. The number of amides is 1. The van der Waals surface area contributed by atoms with Gasteiger partial charge in [-0.3, -0.25) is 4.79 Å². The summed E-state index contributed by atoms with van der Waals surface area (Å²) in [4.78, 5) is 11.3. The SMILES string of the molecule is O=C(NCc1nn[nH]n1)c1ccco1. The number of tetrazole rings is 1. The van der Waals surface area contributed by atoms with E-state index >= 15 is 0 Å². The number of nitrogens with one attached hydrogen (secondary N) is 2. The normalized spacial score (nSPS) is 10.0. The summed E-state index contributed by atoms with van der Waals surface area (Å²) in [6.45, 7) is 0.218. The van der Waals surface area contributed by atoms with E-state index in [1.54, 1.807) is 12.1 Å². The van der Waals surface area contributed by atoms with Crippen molar-refractivity contribution in [1.82, 2.24) is 25.9 Å². The summed E-state index contributed by atoms with van der Waals surface area (Å²) in [5.74, 6) is 0.373. The molecule has 0 aliphatic carbocycles. The number of aromatic nitrogens is 4. The number of rotatable bonds is 3. The minimum absolute atomic E-state index is 0.218. The Morgan fingerprint density at radius 1 is 1.64 bits per heavy atom. The number of carbonyl (C=O) groups is 1. The first-order chi connectivity index (χ1) is 6.86. The number of carbonyl (C=O) groups excluding carboxylic acids is 1. The van der Waals surface area contributed by atoms with E-state index in [0.29, 0.717) is 5.82 Å². The molecule has 14 heavy (non-hydrogen) atoms. The Morgan fingerprint density at radius 2 is 2.57 bits per heavy atom. The van der Waals surface area contributed by atoms with E-state index in [0.717, 1.165) is 0 Å². The van der Waals surface area contributed by atoms with Gasteiger partial charge in [-0.25, -0.2) is 0 Å². The molecular weight excluding hydrogens is 186 g/mol. The summed E-state index contributed by atoms with van der Waals surface area (Å²) in [7, 11) is 0. The molecule has 2 rings (SSSR count). The van der Waals surface area contributed by atoms with E-state index in [1.807, 2.05) is 0 Å². The maximum absolute atomic E-state index is 11.3. The molecule has 0 atom stereocenters. The fraction of sp³-hybridized carbons (Fsp3) is 0.143. The summed E-state index contributed by atoms with van der Waals surface area (Å²) in [5.41, 5.74) is 0. The number of hydrogen-bond acceptors (Lipinski definition) is 5. The van der Waals surface area contributed by atoms with Crippen molar-refractivity contribution in [3.8, 4) is 0 Å². The van der Waals surface area contributed by atoms with Crippen molar-refractivity contribution in [2.24, 2.45) is 0 Å². The zero-order valence-electron chi connectivity index (χ0n) is 7.10. The largest absolute Gasteiger partial charge is 0.459 e. The highest BCUT2D eigenvalue weighted by Gasteiger charge is 2.08. The number of aromatic amines is 1. The van der Waals surface area contributed by atoms with E-state index in [-0.39, 0.29) is 18.2 Å². The summed E-state index contributed by atoms with van der Waals surface area (Å²) < 4.78 is 4.89. The molecule has 0 fully saturated rings. The van der Waals surface area contributed by atoms with Crippen molar-refractivity contribution in [3.63, 3.8) is 0 Å². The summed E-state index contributed by atoms with van der Waals surface area (Å²) in [6.07, 6.45) is 1.43. The molecule has 0 unspecified atom stereocenters. The van der Waals surface area contributed by atoms with Crippen molar-refractivity contribution in [3.05, 3.63) is 30.0 Å². The molecule has 0 aliphatic heterocycles. The van der Waals surface area contributed by atoms with Gasteiger partial charge in [-0.05, 0) is 12.1 Å². The molecule has 2 aromatic heterocycles. The lowest BCUT2D eigenvalue weighted by Gasteiger charge is -1.97. The zero-order valence-corrected chi connectivity index (χ0v) is 7.10. The van der Waals surface area contributed by atoms with Gasteiger partial charge in [0.2, 0.25) is 0 Å². The maximum Gasteiger partial charge on any atom is 0.287 e. The Labute approximate surface area is 78.5 Å². The number of furan rings is 1. The van der Waals surface area contributed by atoms with Crippen LogP contribution in [0.2, 0.25) is 0 Å². The smallest absolute Gasteiger partial charge is 0.287 e. The van der Waals surface area contributed by atoms with Crippen molar-refractivity contribution < 1.29 is 9.21 Å². The summed E-state index contributed by atoms with van der Waals surface area (Å²) >= 11 is 0. The van der Waals surface area contributed by atoms with Gasteiger partial charge in [0.1, 0.15) is 0 Å². The van der Waals surface area contributed by atoms with Gasteiger partial charge in [-0.2, -0.15) is 5.21 Å². The highest BCUT2D eigenvalue weighted by Crippen LogP contribution is 1.99. The third-order valence-electron chi connectivity index (χ3n) is 1.54. The molecule has 72 valence electrons. The van der Waals surface area contributed by atoms with Crippen LogP contribution < -0.4 is 5.32 Å². The maximum atomic E-state index is 11.3. The average Bonchev–Trinajstić information content (AvgIpc) is 2.87. The van der Waals surface area contributed by atoms with Gasteiger partial charge in [0.25, 0.3) is 5.91 Å². The second-order valence-corrected chi connectivity index (χ2v) is 2.49. The number of nitrogens with zero attached hydrogens (tertiary/aromatic N) is 3. The topological polar surface area (TPSA) is 96.7 Å². The molecule has 2 aromatic rings. The third-order valence-corrected chi connectivity index (χ3v) is 1.54. The first-order valence-electron chi connectivity index (χ1n) is 3.90. The van der Waals surface area contributed by atoms with Crippen LogP contribution in [-0.4, -0.2) is 26.5 Å². The molecule has 0 radical (unpaired) electrons. The lowest BCUT2D eigenvalue weighted by atomic mass is 10.4. The van der Waals surface area contributed by atoms with Gasteiger partial charge in [-0.1, -0.05) is 5.21 Å². The van der Waals surface area contributed by atoms with Gasteiger partial charge >= 0.3 is 0 Å². The van der Waals surface area contributed by atoms with Crippen LogP contribution >= 0.6 is 0 Å². The van der Waals surface area contributed by atoms with Crippen molar-refractivity contribution in [2.45, 2.75) is 6.54 Å². The van der Waals surface area contributed by atoms with E-state index in [1.165, 1.54) is 6.26 Å². The second-order valence-electron chi connectivity index (χ2n) is 2.49. The van der Waals surface area contributed by atoms with E-state index in [4.69, 9.17) is 4.42 Å². The Bertz CT molecular complexity index is 394. The molecule has 0 bridgehead atoms. The standard InChI is InChI=1S/C7H7N5O2/c13-7(5-2-1-3-14-5)8-4-6-9-11-12-10-6/h1-3H,4H2,(H,8,13)(H,9,10,11,12). The van der Waals surface area contributed by atoms with Crippen LogP contribution in [0.5, 0.6) is 0 Å². The molecule has 2 N–H and O–H groups in total. The molecular formula is C7H7N5O2. The van der Waals surface area contributed by atoms with Crippen LogP contribution in [0.25, 0.3) is 0 Å². The second kappa shape index (κ2) is 3.69. The van der Waals surface area contributed by atoms with Gasteiger partial charge in [0.15, 0.2) is 11.6 Å². The van der Waals surface area contributed by atoms with Crippen LogP contribution in [0.4, 0.5) is 0 Å². The minimum Gasteiger partial charge on any atom is -0.459 e. The van der Waals surface area contributed by atoms with Crippen molar-refractivity contribution >= 4 is 5.91 Å². The van der Waals surface area contributed by atoms with Crippen LogP contribution in [-0.2, 0) is 6.54 Å². The molecule has 0 aromatic carbocycles.